The number of rotatable bonds is 2. The molecule has 0 amide bonds. The van der Waals surface area contributed by atoms with E-state index in [9.17, 15) is 5.11 Å². The lowest BCUT2D eigenvalue weighted by molar-refractivity contribution is 0.219. The predicted molar refractivity (Wildman–Crippen MR) is 75.6 cm³/mol. The first-order chi connectivity index (χ1) is 8.49. The van der Waals surface area contributed by atoms with Crippen LogP contribution in [0.5, 0.6) is 0 Å². The first-order valence-corrected chi connectivity index (χ1v) is 6.10. The Morgan fingerprint density at radius 2 is 1.44 bits per heavy atom. The topological polar surface area (TPSA) is 46.2 Å². The van der Waals surface area contributed by atoms with Gasteiger partial charge in [0.25, 0.3) is 0 Å². The molecule has 0 aromatic heterocycles. The van der Waals surface area contributed by atoms with Crippen LogP contribution in [-0.4, -0.2) is 5.11 Å². The number of anilines is 1. The zero-order valence-corrected chi connectivity index (χ0v) is 11.1. The maximum absolute atomic E-state index is 10.4. The van der Waals surface area contributed by atoms with Gasteiger partial charge in [-0.2, -0.15) is 0 Å². The maximum Gasteiger partial charge on any atom is 0.104 e. The van der Waals surface area contributed by atoms with E-state index in [-0.39, 0.29) is 0 Å². The molecule has 2 aromatic rings. The van der Waals surface area contributed by atoms with E-state index in [1.54, 1.807) is 0 Å². The Morgan fingerprint density at radius 1 is 0.889 bits per heavy atom. The molecule has 0 spiro atoms. The number of nitrogen functional groups attached to an aromatic ring is 1. The summed E-state index contributed by atoms with van der Waals surface area (Å²) in [4.78, 5) is 0. The van der Waals surface area contributed by atoms with E-state index >= 15 is 0 Å². The molecule has 94 valence electrons. The molecule has 0 aliphatic rings. The maximum atomic E-state index is 10.4. The van der Waals surface area contributed by atoms with Gasteiger partial charge >= 0.3 is 0 Å². The average molecular weight is 241 g/mol. The van der Waals surface area contributed by atoms with Crippen molar-refractivity contribution in [2.24, 2.45) is 0 Å². The van der Waals surface area contributed by atoms with Crippen LogP contribution in [0, 0.1) is 20.8 Å². The van der Waals surface area contributed by atoms with Crippen molar-refractivity contribution < 1.29 is 5.11 Å². The fraction of sp³-hybridized carbons (Fsp3) is 0.250. The first kappa shape index (κ1) is 12.7. The van der Waals surface area contributed by atoms with Crippen LogP contribution in [0.3, 0.4) is 0 Å². The molecule has 2 rings (SSSR count). The van der Waals surface area contributed by atoms with E-state index in [0.717, 1.165) is 16.7 Å². The Balaban J connectivity index is 2.42. The monoisotopic (exact) mass is 241 g/mol. The zero-order chi connectivity index (χ0) is 13.3. The third-order valence-electron chi connectivity index (χ3n) is 3.43. The Morgan fingerprint density at radius 3 is 2.06 bits per heavy atom. The van der Waals surface area contributed by atoms with Crippen molar-refractivity contribution in [3.63, 3.8) is 0 Å². The van der Waals surface area contributed by atoms with Gasteiger partial charge in [0.05, 0.1) is 0 Å². The summed E-state index contributed by atoms with van der Waals surface area (Å²) in [6.07, 6.45) is -0.593. The highest BCUT2D eigenvalue weighted by Gasteiger charge is 2.13. The summed E-state index contributed by atoms with van der Waals surface area (Å²) < 4.78 is 0. The van der Waals surface area contributed by atoms with Gasteiger partial charge in [-0.3, -0.25) is 0 Å². The van der Waals surface area contributed by atoms with Crippen LogP contribution in [0.2, 0.25) is 0 Å². The minimum atomic E-state index is -0.593. The van der Waals surface area contributed by atoms with Crippen molar-refractivity contribution in [1.29, 1.82) is 0 Å². The molecule has 0 aliphatic heterocycles. The molecule has 0 heterocycles. The number of aliphatic hydroxyl groups excluding tert-OH is 1. The Labute approximate surface area is 108 Å². The zero-order valence-electron chi connectivity index (χ0n) is 11.1. The molecule has 0 bridgehead atoms. The van der Waals surface area contributed by atoms with Crippen LogP contribution in [0.15, 0.2) is 36.4 Å². The van der Waals surface area contributed by atoms with E-state index < -0.39 is 6.10 Å². The van der Waals surface area contributed by atoms with E-state index in [1.165, 1.54) is 11.1 Å². The highest BCUT2D eigenvalue weighted by atomic mass is 16.3. The highest BCUT2D eigenvalue weighted by Crippen LogP contribution is 2.27. The van der Waals surface area contributed by atoms with Gasteiger partial charge in [-0.1, -0.05) is 24.3 Å². The van der Waals surface area contributed by atoms with E-state index in [4.69, 9.17) is 5.73 Å². The van der Waals surface area contributed by atoms with Gasteiger partial charge in [0.1, 0.15) is 6.10 Å². The lowest BCUT2D eigenvalue weighted by Crippen LogP contribution is -2.03. The summed E-state index contributed by atoms with van der Waals surface area (Å²) in [5.74, 6) is 0. The number of hydrogen-bond donors (Lipinski definition) is 2. The van der Waals surface area contributed by atoms with E-state index in [0.29, 0.717) is 5.69 Å². The summed E-state index contributed by atoms with van der Waals surface area (Å²) in [7, 11) is 0. The van der Waals surface area contributed by atoms with Gasteiger partial charge < -0.3 is 10.8 Å². The van der Waals surface area contributed by atoms with Gasteiger partial charge in [-0.15, -0.1) is 0 Å². The second kappa shape index (κ2) is 4.83. The Bertz CT molecular complexity index is 558. The molecule has 2 heteroatoms. The van der Waals surface area contributed by atoms with Crippen LogP contribution in [0.1, 0.15) is 33.9 Å². The van der Waals surface area contributed by atoms with Crippen molar-refractivity contribution in [2.75, 3.05) is 5.73 Å². The number of hydrogen-bond acceptors (Lipinski definition) is 2. The third-order valence-corrected chi connectivity index (χ3v) is 3.43. The molecule has 0 fully saturated rings. The molecular weight excluding hydrogens is 222 g/mol. The predicted octanol–water partition coefficient (Wildman–Crippen LogP) is 3.28. The van der Waals surface area contributed by atoms with Gasteiger partial charge in [-0.25, -0.2) is 0 Å². The van der Waals surface area contributed by atoms with Crippen LogP contribution >= 0.6 is 0 Å². The largest absolute Gasteiger partial charge is 0.399 e. The molecule has 1 unspecified atom stereocenters. The van der Waals surface area contributed by atoms with Crippen LogP contribution in [0.4, 0.5) is 5.69 Å². The van der Waals surface area contributed by atoms with Crippen LogP contribution < -0.4 is 5.73 Å². The SMILES string of the molecule is Cc1cc(C)c(C(O)c2ccc(N)cc2)cc1C. The van der Waals surface area contributed by atoms with Crippen molar-refractivity contribution >= 4 is 5.69 Å². The van der Waals surface area contributed by atoms with Gasteiger partial charge in [-0.05, 0) is 60.7 Å². The van der Waals surface area contributed by atoms with Crippen LogP contribution in [-0.2, 0) is 0 Å². The highest BCUT2D eigenvalue weighted by molar-refractivity contribution is 5.44. The van der Waals surface area contributed by atoms with Gasteiger partial charge in [0, 0.05) is 5.69 Å². The fourth-order valence-electron chi connectivity index (χ4n) is 2.14. The lowest BCUT2D eigenvalue weighted by atomic mass is 9.93. The summed E-state index contributed by atoms with van der Waals surface area (Å²) in [6.45, 7) is 6.18. The van der Waals surface area contributed by atoms with E-state index in [1.807, 2.05) is 31.2 Å². The number of nitrogens with two attached hydrogens (primary N) is 1. The molecule has 0 saturated carbocycles. The van der Waals surface area contributed by atoms with Gasteiger partial charge in [0.2, 0.25) is 0 Å². The molecule has 2 aromatic carbocycles. The fourth-order valence-corrected chi connectivity index (χ4v) is 2.14. The van der Waals surface area contributed by atoms with Crippen molar-refractivity contribution in [3.8, 4) is 0 Å². The first-order valence-electron chi connectivity index (χ1n) is 6.10. The van der Waals surface area contributed by atoms with E-state index in [2.05, 4.69) is 26.0 Å². The number of aliphatic hydroxyl groups is 1. The van der Waals surface area contributed by atoms with Gasteiger partial charge in [0.15, 0.2) is 0 Å². The normalized spacial score (nSPS) is 12.4. The second-order valence-electron chi connectivity index (χ2n) is 4.86. The molecule has 0 radical (unpaired) electrons. The third kappa shape index (κ3) is 2.39. The Hall–Kier alpha value is -1.80. The molecular formula is C16H19NO. The van der Waals surface area contributed by atoms with Crippen LogP contribution in [0.25, 0.3) is 0 Å². The second-order valence-corrected chi connectivity index (χ2v) is 4.86. The molecule has 0 saturated heterocycles. The lowest BCUT2D eigenvalue weighted by Gasteiger charge is -2.16. The smallest absolute Gasteiger partial charge is 0.104 e. The molecule has 2 nitrogen and oxygen atoms in total. The summed E-state index contributed by atoms with van der Waals surface area (Å²) in [5, 5.41) is 10.4. The molecule has 3 N–H and O–H groups in total. The molecule has 1 atom stereocenters. The summed E-state index contributed by atoms with van der Waals surface area (Å²) in [6, 6.07) is 11.5. The quantitative estimate of drug-likeness (QED) is 0.793. The summed E-state index contributed by atoms with van der Waals surface area (Å²) >= 11 is 0. The van der Waals surface area contributed by atoms with Crippen molar-refractivity contribution in [1.82, 2.24) is 0 Å². The van der Waals surface area contributed by atoms with Crippen molar-refractivity contribution in [3.05, 3.63) is 64.2 Å². The molecule has 0 aliphatic carbocycles. The average Bonchev–Trinajstić information content (AvgIpc) is 2.34. The standard InChI is InChI=1S/C16H19NO/c1-10-8-12(3)15(9-11(10)2)16(18)13-4-6-14(17)7-5-13/h4-9,16,18H,17H2,1-3H3. The van der Waals surface area contributed by atoms with Crippen molar-refractivity contribution in [2.45, 2.75) is 26.9 Å². The number of aryl methyl sites for hydroxylation is 3. The minimum Gasteiger partial charge on any atom is -0.399 e. The summed E-state index contributed by atoms with van der Waals surface area (Å²) in [5.41, 5.74) is 11.8. The number of benzene rings is 2. The molecule has 18 heavy (non-hydrogen) atoms. The minimum absolute atomic E-state index is 0.593. The Kier molecular flexibility index (Phi) is 3.39.